The minimum absolute atomic E-state index is 0.0654. The third kappa shape index (κ3) is 3.51. The second kappa shape index (κ2) is 6.75. The average molecular weight is 276 g/mol. The van der Waals surface area contributed by atoms with Crippen molar-refractivity contribution in [3.05, 3.63) is 29.3 Å². The van der Waals surface area contributed by atoms with Crippen molar-refractivity contribution in [2.45, 2.75) is 39.2 Å². The van der Waals surface area contributed by atoms with E-state index in [1.165, 1.54) is 12.8 Å². The van der Waals surface area contributed by atoms with Crippen LogP contribution in [0, 0.1) is 6.92 Å². The Kier molecular flexibility index (Phi) is 5.01. The van der Waals surface area contributed by atoms with E-state index in [0.717, 1.165) is 18.5 Å². The van der Waals surface area contributed by atoms with Gasteiger partial charge in [-0.15, -0.1) is 0 Å². The van der Waals surface area contributed by atoms with Crippen LogP contribution >= 0.6 is 0 Å². The van der Waals surface area contributed by atoms with Gasteiger partial charge >= 0.3 is 0 Å². The monoisotopic (exact) mass is 276 g/mol. The molecule has 1 atom stereocenters. The molecule has 2 rings (SSSR count). The summed E-state index contributed by atoms with van der Waals surface area (Å²) in [6.07, 6.45) is 3.55. The number of phenolic OH excluding ortho intramolecular Hbond substituents is 1. The first-order chi connectivity index (χ1) is 9.61. The summed E-state index contributed by atoms with van der Waals surface area (Å²) in [6, 6.07) is 5.54. The molecule has 1 aromatic rings. The number of carbonyl (C=O) groups excluding carboxylic acids is 1. The van der Waals surface area contributed by atoms with E-state index in [1.54, 1.807) is 12.1 Å². The number of nitrogens with zero attached hydrogens (tertiary/aromatic N) is 1. The zero-order chi connectivity index (χ0) is 14.5. The smallest absolute Gasteiger partial charge is 0.257 e. The number of carbonyl (C=O) groups is 1. The fourth-order valence-corrected chi connectivity index (χ4v) is 2.69. The van der Waals surface area contributed by atoms with Crippen molar-refractivity contribution in [1.82, 2.24) is 10.2 Å². The zero-order valence-corrected chi connectivity index (χ0v) is 12.4. The molecule has 1 aliphatic rings. The second-order valence-electron chi connectivity index (χ2n) is 5.51. The number of nitrogens with one attached hydrogen (secondary N) is 1. The van der Waals surface area contributed by atoms with Gasteiger partial charge in [-0.3, -0.25) is 4.79 Å². The molecule has 2 N–H and O–H groups in total. The van der Waals surface area contributed by atoms with Gasteiger partial charge in [-0.25, -0.2) is 0 Å². The van der Waals surface area contributed by atoms with Gasteiger partial charge in [-0.1, -0.05) is 18.1 Å². The topological polar surface area (TPSA) is 52.6 Å². The largest absolute Gasteiger partial charge is 0.507 e. The molecule has 1 unspecified atom stereocenters. The summed E-state index contributed by atoms with van der Waals surface area (Å²) >= 11 is 0. The summed E-state index contributed by atoms with van der Waals surface area (Å²) in [5.74, 6) is -0.0169. The third-order valence-electron chi connectivity index (χ3n) is 3.90. The van der Waals surface area contributed by atoms with Crippen LogP contribution in [0.1, 0.15) is 42.1 Å². The maximum atomic E-state index is 12.6. The summed E-state index contributed by atoms with van der Waals surface area (Å²) in [6.45, 7) is 6.31. The number of likely N-dealkylation sites (N-methyl/N-ethyl adjacent to an activating group) is 1. The van der Waals surface area contributed by atoms with Gasteiger partial charge in [0.15, 0.2) is 0 Å². The van der Waals surface area contributed by atoms with Gasteiger partial charge in [0, 0.05) is 19.1 Å². The molecule has 4 heteroatoms. The summed E-state index contributed by atoms with van der Waals surface area (Å²) in [5.41, 5.74) is 1.39. The number of piperidine rings is 1. The van der Waals surface area contributed by atoms with E-state index < -0.39 is 0 Å². The summed E-state index contributed by atoms with van der Waals surface area (Å²) in [5, 5.41) is 13.4. The van der Waals surface area contributed by atoms with Crippen molar-refractivity contribution in [1.29, 1.82) is 0 Å². The molecule has 110 valence electrons. The number of hydrogen-bond acceptors (Lipinski definition) is 3. The molecule has 1 fully saturated rings. The lowest BCUT2D eigenvalue weighted by Crippen LogP contribution is -2.45. The Morgan fingerprint density at radius 2 is 2.25 bits per heavy atom. The van der Waals surface area contributed by atoms with Gasteiger partial charge in [-0.05, 0) is 45.4 Å². The first kappa shape index (κ1) is 14.9. The number of phenols is 1. The lowest BCUT2D eigenvalue weighted by molar-refractivity contribution is 0.0738. The maximum Gasteiger partial charge on any atom is 0.257 e. The van der Waals surface area contributed by atoms with E-state index in [1.807, 2.05) is 24.8 Å². The fourth-order valence-electron chi connectivity index (χ4n) is 2.69. The van der Waals surface area contributed by atoms with E-state index in [4.69, 9.17) is 0 Å². The molecule has 0 aromatic heterocycles. The highest BCUT2D eigenvalue weighted by Crippen LogP contribution is 2.20. The summed E-state index contributed by atoms with van der Waals surface area (Å²) < 4.78 is 0. The van der Waals surface area contributed by atoms with Gasteiger partial charge < -0.3 is 15.3 Å². The average Bonchev–Trinajstić information content (AvgIpc) is 2.47. The van der Waals surface area contributed by atoms with Crippen LogP contribution in [0.3, 0.4) is 0 Å². The van der Waals surface area contributed by atoms with E-state index in [0.29, 0.717) is 24.7 Å². The molecule has 0 bridgehead atoms. The van der Waals surface area contributed by atoms with Crippen molar-refractivity contribution in [3.8, 4) is 5.75 Å². The van der Waals surface area contributed by atoms with Gasteiger partial charge in [-0.2, -0.15) is 0 Å². The molecule has 1 amide bonds. The molecule has 0 aliphatic carbocycles. The van der Waals surface area contributed by atoms with Crippen LogP contribution in [0.25, 0.3) is 0 Å². The van der Waals surface area contributed by atoms with Crippen molar-refractivity contribution >= 4 is 5.91 Å². The highest BCUT2D eigenvalue weighted by molar-refractivity contribution is 5.97. The predicted molar refractivity (Wildman–Crippen MR) is 80.1 cm³/mol. The third-order valence-corrected chi connectivity index (χ3v) is 3.90. The SMILES string of the molecule is CCN(CC1CCCCN1)C(=O)c1cc(C)ccc1O. The summed E-state index contributed by atoms with van der Waals surface area (Å²) in [7, 11) is 0. The second-order valence-corrected chi connectivity index (χ2v) is 5.51. The molecular weight excluding hydrogens is 252 g/mol. The highest BCUT2D eigenvalue weighted by atomic mass is 16.3. The zero-order valence-electron chi connectivity index (χ0n) is 12.4. The molecule has 0 radical (unpaired) electrons. The van der Waals surface area contributed by atoms with Crippen LogP contribution in [0.15, 0.2) is 18.2 Å². The van der Waals surface area contributed by atoms with Crippen molar-refractivity contribution < 1.29 is 9.90 Å². The molecule has 1 aromatic carbocycles. The van der Waals surface area contributed by atoms with Gasteiger partial charge in [0.05, 0.1) is 5.56 Å². The maximum absolute atomic E-state index is 12.6. The van der Waals surface area contributed by atoms with E-state index in [2.05, 4.69) is 5.32 Å². The molecule has 0 saturated carbocycles. The minimum Gasteiger partial charge on any atom is -0.507 e. The van der Waals surface area contributed by atoms with Crippen LogP contribution in [0.5, 0.6) is 5.75 Å². The summed E-state index contributed by atoms with van der Waals surface area (Å²) in [4.78, 5) is 14.4. The Labute approximate surface area is 120 Å². The lowest BCUT2D eigenvalue weighted by Gasteiger charge is -2.30. The van der Waals surface area contributed by atoms with E-state index in [9.17, 15) is 9.90 Å². The number of aryl methyl sites for hydroxylation is 1. The fraction of sp³-hybridized carbons (Fsp3) is 0.562. The van der Waals surface area contributed by atoms with Crippen LogP contribution in [-0.4, -0.2) is 41.6 Å². The number of benzene rings is 1. The van der Waals surface area contributed by atoms with Gasteiger partial charge in [0.25, 0.3) is 5.91 Å². The Morgan fingerprint density at radius 1 is 1.45 bits per heavy atom. The Balaban J connectivity index is 2.09. The highest BCUT2D eigenvalue weighted by Gasteiger charge is 2.22. The molecule has 0 spiro atoms. The van der Waals surface area contributed by atoms with Crippen LogP contribution < -0.4 is 5.32 Å². The first-order valence-electron chi connectivity index (χ1n) is 7.44. The number of rotatable bonds is 4. The van der Waals surface area contributed by atoms with Crippen LogP contribution in [0.4, 0.5) is 0 Å². The minimum atomic E-state index is -0.0823. The number of hydrogen-bond donors (Lipinski definition) is 2. The van der Waals surface area contributed by atoms with E-state index >= 15 is 0 Å². The van der Waals surface area contributed by atoms with E-state index in [-0.39, 0.29) is 11.7 Å². The first-order valence-corrected chi connectivity index (χ1v) is 7.44. The Morgan fingerprint density at radius 3 is 2.90 bits per heavy atom. The number of amides is 1. The standard InChI is InChI=1S/C16H24N2O2/c1-3-18(11-13-6-4-5-9-17-13)16(20)14-10-12(2)7-8-15(14)19/h7-8,10,13,17,19H,3-6,9,11H2,1-2H3. The van der Waals surface area contributed by atoms with Crippen molar-refractivity contribution in [3.63, 3.8) is 0 Å². The number of aromatic hydroxyl groups is 1. The Bertz CT molecular complexity index is 468. The van der Waals surface area contributed by atoms with Crippen molar-refractivity contribution in [2.24, 2.45) is 0 Å². The molecule has 1 aliphatic heterocycles. The quantitative estimate of drug-likeness (QED) is 0.887. The van der Waals surface area contributed by atoms with Crippen LogP contribution in [-0.2, 0) is 0 Å². The van der Waals surface area contributed by atoms with Gasteiger partial charge in [0.1, 0.15) is 5.75 Å². The molecule has 4 nitrogen and oxygen atoms in total. The Hall–Kier alpha value is -1.55. The van der Waals surface area contributed by atoms with Gasteiger partial charge in [0.2, 0.25) is 0 Å². The normalized spacial score (nSPS) is 18.8. The molecule has 1 heterocycles. The molecular formula is C16H24N2O2. The predicted octanol–water partition coefficient (Wildman–Crippen LogP) is 2.30. The molecule has 1 saturated heterocycles. The lowest BCUT2D eigenvalue weighted by atomic mass is 10.0. The van der Waals surface area contributed by atoms with Crippen molar-refractivity contribution in [2.75, 3.05) is 19.6 Å². The molecule has 20 heavy (non-hydrogen) atoms. The van der Waals surface area contributed by atoms with Crippen LogP contribution in [0.2, 0.25) is 0 Å².